The average Bonchev–Trinajstić information content (AvgIpc) is 2.95. The van der Waals surface area contributed by atoms with Gasteiger partial charge in [0.2, 0.25) is 0 Å². The summed E-state index contributed by atoms with van der Waals surface area (Å²) in [7, 11) is 1.96. The van der Waals surface area contributed by atoms with Crippen molar-refractivity contribution in [3.8, 4) is 6.07 Å². The minimum Gasteiger partial charge on any atom is -0.463 e. The first kappa shape index (κ1) is 29.2. The highest BCUT2D eigenvalue weighted by Crippen LogP contribution is 2.42. The molecule has 0 unspecified atom stereocenters. The zero-order valence-electron chi connectivity index (χ0n) is 23.5. The molecule has 0 N–H and O–H groups in total. The summed E-state index contributed by atoms with van der Waals surface area (Å²) in [6, 6.07) is 24.0. The zero-order chi connectivity index (χ0) is 28.5. The first-order valence-corrected chi connectivity index (χ1v) is 13.0. The molecular formula is C31H36N6O2. The van der Waals surface area contributed by atoms with Gasteiger partial charge in [-0.15, -0.1) is 0 Å². The summed E-state index contributed by atoms with van der Waals surface area (Å²) in [5.74, 6) is -0.166. The van der Waals surface area contributed by atoms with E-state index in [2.05, 4.69) is 47.3 Å². The van der Waals surface area contributed by atoms with Crippen molar-refractivity contribution in [2.45, 2.75) is 41.0 Å². The van der Waals surface area contributed by atoms with Crippen LogP contribution in [0.25, 0.3) is 0 Å². The number of carbonyl (C=O) groups is 1. The second-order valence-corrected chi connectivity index (χ2v) is 10.5. The Morgan fingerprint density at radius 1 is 0.795 bits per heavy atom. The Morgan fingerprint density at radius 2 is 1.21 bits per heavy atom. The second-order valence-electron chi connectivity index (χ2n) is 10.5. The molecule has 0 aliphatic heterocycles. The maximum atomic E-state index is 12.7. The fourth-order valence-corrected chi connectivity index (χ4v) is 3.50. The van der Waals surface area contributed by atoms with Gasteiger partial charge in [-0.1, -0.05) is 20.8 Å². The van der Waals surface area contributed by atoms with Crippen molar-refractivity contribution in [3.63, 3.8) is 0 Å². The number of ether oxygens (including phenoxy) is 1. The molecule has 0 saturated heterocycles. The summed E-state index contributed by atoms with van der Waals surface area (Å²) in [5.41, 5.74) is 3.68. The van der Waals surface area contributed by atoms with E-state index in [1.165, 1.54) is 0 Å². The van der Waals surface area contributed by atoms with Crippen LogP contribution in [0.4, 0.5) is 28.4 Å². The molecule has 3 aromatic carbocycles. The highest BCUT2D eigenvalue weighted by Gasteiger charge is 2.43. The molecule has 8 nitrogen and oxygen atoms in total. The Morgan fingerprint density at radius 3 is 1.62 bits per heavy atom. The number of rotatable bonds is 11. The zero-order valence-corrected chi connectivity index (χ0v) is 23.5. The van der Waals surface area contributed by atoms with Gasteiger partial charge in [0, 0.05) is 12.7 Å². The third-order valence-electron chi connectivity index (χ3n) is 7.44. The number of hydrogen-bond donors (Lipinski definition) is 0. The van der Waals surface area contributed by atoms with Crippen molar-refractivity contribution < 1.29 is 9.53 Å². The Hall–Kier alpha value is -4.38. The van der Waals surface area contributed by atoms with Gasteiger partial charge in [-0.25, -0.2) is 0 Å². The third-order valence-corrected chi connectivity index (χ3v) is 7.44. The molecule has 8 heteroatoms. The standard InChI is InChI=1S/C31H36N6O2/c1-7-30(2,3)31(4,5)29(38)39-21-20-37(6)28-18-16-27(17-19-28)36-35-26-14-12-25(13-15-26)34-33-24-10-8-23(22-32)9-11-24/h8-19H,7,20-21H2,1-6H3/b34-33+,36-35+. The van der Waals surface area contributed by atoms with Crippen molar-refractivity contribution in [2.75, 3.05) is 25.1 Å². The summed E-state index contributed by atoms with van der Waals surface area (Å²) >= 11 is 0. The summed E-state index contributed by atoms with van der Waals surface area (Å²) in [6.07, 6.45) is 0.900. The van der Waals surface area contributed by atoms with Gasteiger partial charge >= 0.3 is 5.97 Å². The summed E-state index contributed by atoms with van der Waals surface area (Å²) < 4.78 is 5.62. The number of anilines is 1. The van der Waals surface area contributed by atoms with E-state index in [9.17, 15) is 4.79 Å². The highest BCUT2D eigenvalue weighted by atomic mass is 16.5. The molecule has 0 saturated carbocycles. The Balaban J connectivity index is 1.50. The molecular weight excluding hydrogens is 488 g/mol. The van der Waals surface area contributed by atoms with Crippen molar-refractivity contribution in [1.82, 2.24) is 0 Å². The lowest BCUT2D eigenvalue weighted by Gasteiger charge is -2.38. The maximum absolute atomic E-state index is 12.7. The molecule has 0 heterocycles. The first-order valence-electron chi connectivity index (χ1n) is 13.0. The number of esters is 1. The molecule has 0 radical (unpaired) electrons. The fraction of sp³-hybridized carbons (Fsp3) is 0.355. The highest BCUT2D eigenvalue weighted by molar-refractivity contribution is 5.77. The summed E-state index contributed by atoms with van der Waals surface area (Å²) in [4.78, 5) is 14.7. The van der Waals surface area contributed by atoms with Crippen LogP contribution >= 0.6 is 0 Å². The van der Waals surface area contributed by atoms with Crippen molar-refractivity contribution in [2.24, 2.45) is 31.3 Å². The molecule has 0 spiro atoms. The Kier molecular flexibility index (Phi) is 9.67. The van der Waals surface area contributed by atoms with Gasteiger partial charge in [-0.05, 0) is 98.5 Å². The van der Waals surface area contributed by atoms with Crippen molar-refractivity contribution >= 4 is 34.4 Å². The monoisotopic (exact) mass is 524 g/mol. The average molecular weight is 525 g/mol. The lowest BCUT2D eigenvalue weighted by atomic mass is 9.66. The quantitative estimate of drug-likeness (QED) is 0.185. The minimum atomic E-state index is -0.552. The van der Waals surface area contributed by atoms with Gasteiger partial charge in [-0.2, -0.15) is 25.7 Å². The molecule has 0 bridgehead atoms. The predicted octanol–water partition coefficient (Wildman–Crippen LogP) is 8.83. The van der Waals surface area contributed by atoms with Gasteiger partial charge in [-0.3, -0.25) is 4.79 Å². The van der Waals surface area contributed by atoms with Crippen LogP contribution in [0.3, 0.4) is 0 Å². The molecule has 3 rings (SSSR count). The van der Waals surface area contributed by atoms with Gasteiger partial charge in [0.05, 0.1) is 46.3 Å². The minimum absolute atomic E-state index is 0.138. The first-order chi connectivity index (χ1) is 18.6. The van der Waals surface area contributed by atoms with Crippen LogP contribution in [-0.2, 0) is 9.53 Å². The normalized spacial score (nSPS) is 12.0. The van der Waals surface area contributed by atoms with Crippen molar-refractivity contribution in [1.29, 1.82) is 5.26 Å². The topological polar surface area (TPSA) is 103 Å². The van der Waals surface area contributed by atoms with E-state index in [0.29, 0.717) is 35.8 Å². The van der Waals surface area contributed by atoms with Gasteiger partial charge in [0.25, 0.3) is 0 Å². The van der Waals surface area contributed by atoms with E-state index < -0.39 is 5.41 Å². The summed E-state index contributed by atoms with van der Waals surface area (Å²) in [6.45, 7) is 11.1. The Labute approximate surface area is 231 Å². The smallest absolute Gasteiger partial charge is 0.312 e. The molecule has 0 aliphatic carbocycles. The fourth-order valence-electron chi connectivity index (χ4n) is 3.50. The number of likely N-dealkylation sites (N-methyl/N-ethyl adjacent to an activating group) is 1. The van der Waals surface area contributed by atoms with Gasteiger partial charge < -0.3 is 9.64 Å². The van der Waals surface area contributed by atoms with Crippen LogP contribution in [0.5, 0.6) is 0 Å². The molecule has 202 valence electrons. The van der Waals surface area contributed by atoms with Crippen LogP contribution in [0.1, 0.15) is 46.6 Å². The largest absolute Gasteiger partial charge is 0.463 e. The number of nitriles is 1. The van der Waals surface area contributed by atoms with E-state index in [1.54, 1.807) is 24.3 Å². The molecule has 0 atom stereocenters. The molecule has 0 amide bonds. The van der Waals surface area contributed by atoms with E-state index in [0.717, 1.165) is 17.8 Å². The molecule has 3 aromatic rings. The SMILES string of the molecule is CCC(C)(C)C(C)(C)C(=O)OCCN(C)c1ccc(/N=N/c2ccc(/N=N/c3ccc(C#N)cc3)cc2)cc1. The lowest BCUT2D eigenvalue weighted by Crippen LogP contribution is -2.41. The third kappa shape index (κ3) is 7.81. The van der Waals surface area contributed by atoms with Gasteiger partial charge in [0.15, 0.2) is 0 Å². The predicted molar refractivity (Wildman–Crippen MR) is 154 cm³/mol. The van der Waals surface area contributed by atoms with Crippen LogP contribution < -0.4 is 4.90 Å². The summed E-state index contributed by atoms with van der Waals surface area (Å²) in [5, 5.41) is 25.9. The number of benzene rings is 3. The van der Waals surface area contributed by atoms with Crippen molar-refractivity contribution in [3.05, 3.63) is 78.4 Å². The Bertz CT molecular complexity index is 1340. The molecule has 0 aliphatic rings. The number of nitrogens with zero attached hydrogens (tertiary/aromatic N) is 6. The van der Waals surface area contributed by atoms with Crippen LogP contribution in [0.2, 0.25) is 0 Å². The van der Waals surface area contributed by atoms with E-state index in [-0.39, 0.29) is 11.4 Å². The maximum Gasteiger partial charge on any atom is 0.312 e. The van der Waals surface area contributed by atoms with E-state index in [1.807, 2.05) is 74.3 Å². The second kappa shape index (κ2) is 12.9. The van der Waals surface area contributed by atoms with Crippen LogP contribution in [0, 0.1) is 22.2 Å². The van der Waals surface area contributed by atoms with Crippen LogP contribution in [0.15, 0.2) is 93.3 Å². The number of azo groups is 2. The molecule has 0 aromatic heterocycles. The van der Waals surface area contributed by atoms with E-state index >= 15 is 0 Å². The van der Waals surface area contributed by atoms with E-state index in [4.69, 9.17) is 10.00 Å². The van der Waals surface area contributed by atoms with Crippen LogP contribution in [-0.4, -0.2) is 26.2 Å². The number of hydrogen-bond acceptors (Lipinski definition) is 8. The molecule has 0 fully saturated rings. The number of carbonyl (C=O) groups excluding carboxylic acids is 1. The molecule has 39 heavy (non-hydrogen) atoms. The lowest BCUT2D eigenvalue weighted by molar-refractivity contribution is -0.160. The van der Waals surface area contributed by atoms with Gasteiger partial charge in [0.1, 0.15) is 6.61 Å².